The summed E-state index contributed by atoms with van der Waals surface area (Å²) in [7, 11) is 0. The van der Waals surface area contributed by atoms with Crippen molar-refractivity contribution in [2.45, 2.75) is 44.4 Å². The number of rotatable bonds is 5. The quantitative estimate of drug-likeness (QED) is 0.458. The number of nitrogens with zero attached hydrogens (tertiary/aromatic N) is 7. The Kier molecular flexibility index (Phi) is 6.17. The number of hydrogen-bond acceptors (Lipinski definition) is 8. The molecule has 0 bridgehead atoms. The number of amides is 2. The van der Waals surface area contributed by atoms with Gasteiger partial charge in [-0.1, -0.05) is 16.4 Å². The number of ether oxygens (including phenoxy) is 2. The van der Waals surface area contributed by atoms with Crippen LogP contribution < -0.4 is 4.90 Å². The van der Waals surface area contributed by atoms with Crippen LogP contribution in [0.2, 0.25) is 0 Å². The molecular weight excluding hydrogens is 536 g/mol. The van der Waals surface area contributed by atoms with Gasteiger partial charge < -0.3 is 14.4 Å². The van der Waals surface area contributed by atoms with Crippen molar-refractivity contribution in [2.75, 3.05) is 24.5 Å². The van der Waals surface area contributed by atoms with Gasteiger partial charge in [0.25, 0.3) is 5.95 Å². The predicted octanol–water partition coefficient (Wildman–Crippen LogP) is 3.90. The molecule has 2 aromatic heterocycles. The summed E-state index contributed by atoms with van der Waals surface area (Å²) in [4.78, 5) is 32.3. The first kappa shape index (κ1) is 26.6. The van der Waals surface area contributed by atoms with Crippen LogP contribution in [0.15, 0.2) is 42.7 Å². The third-order valence-corrected chi connectivity index (χ3v) is 7.76. The van der Waals surface area contributed by atoms with E-state index < -0.39 is 35.0 Å². The molecule has 6 rings (SSSR count). The van der Waals surface area contributed by atoms with Crippen LogP contribution in [0.25, 0.3) is 11.1 Å². The van der Waals surface area contributed by atoms with Crippen LogP contribution in [0.5, 0.6) is 0 Å². The molecule has 2 amide bonds. The number of anilines is 1. The van der Waals surface area contributed by atoms with E-state index >= 15 is 4.39 Å². The lowest BCUT2D eigenvalue weighted by Crippen LogP contribution is -2.39. The van der Waals surface area contributed by atoms with Gasteiger partial charge in [-0.3, -0.25) is 9.88 Å². The normalized spacial score (nSPS) is 25.1. The Balaban J connectivity index is 1.13. The Bertz CT molecular complexity index is 1550. The van der Waals surface area contributed by atoms with E-state index in [1.54, 1.807) is 29.2 Å². The Labute approximate surface area is 234 Å². The van der Waals surface area contributed by atoms with Gasteiger partial charge in [0.2, 0.25) is 0 Å². The van der Waals surface area contributed by atoms with Crippen molar-refractivity contribution in [3.8, 4) is 17.2 Å². The van der Waals surface area contributed by atoms with Gasteiger partial charge in [0.05, 0.1) is 36.7 Å². The molecule has 4 heterocycles. The smallest absolute Gasteiger partial charge is 0.414 e. The number of carbonyl (C=O) groups excluding carboxylic acids is 2. The minimum Gasteiger partial charge on any atom is -0.444 e. The number of aromatic nitrogens is 4. The van der Waals surface area contributed by atoms with Crippen LogP contribution in [0, 0.1) is 34.9 Å². The van der Waals surface area contributed by atoms with E-state index in [-0.39, 0.29) is 36.6 Å². The van der Waals surface area contributed by atoms with Crippen molar-refractivity contribution in [3.63, 3.8) is 0 Å². The second kappa shape index (κ2) is 9.50. The van der Waals surface area contributed by atoms with E-state index in [2.05, 4.69) is 21.4 Å². The first-order chi connectivity index (χ1) is 19.5. The van der Waals surface area contributed by atoms with Crippen LogP contribution in [-0.4, -0.2) is 68.4 Å². The highest BCUT2D eigenvalue weighted by Gasteiger charge is 2.71. The van der Waals surface area contributed by atoms with E-state index in [1.165, 1.54) is 21.8 Å². The van der Waals surface area contributed by atoms with E-state index in [1.807, 2.05) is 20.8 Å². The molecule has 0 spiro atoms. The number of fused-ring (bicyclic) bond motifs is 1. The van der Waals surface area contributed by atoms with Crippen LogP contribution >= 0.6 is 0 Å². The zero-order valence-corrected chi connectivity index (χ0v) is 22.6. The molecule has 1 saturated carbocycles. The van der Waals surface area contributed by atoms with Gasteiger partial charge in [-0.05, 0) is 45.0 Å². The third-order valence-electron chi connectivity index (χ3n) is 7.76. The maximum atomic E-state index is 15.2. The van der Waals surface area contributed by atoms with Crippen molar-refractivity contribution >= 4 is 17.9 Å². The first-order valence-electron chi connectivity index (χ1n) is 13.2. The Morgan fingerprint density at radius 2 is 1.95 bits per heavy atom. The highest BCUT2D eigenvalue weighted by atomic mass is 19.1. The summed E-state index contributed by atoms with van der Waals surface area (Å²) in [6, 6.07) is 10.3. The van der Waals surface area contributed by atoms with Crippen molar-refractivity contribution in [1.82, 2.24) is 24.9 Å². The summed E-state index contributed by atoms with van der Waals surface area (Å²) in [6.07, 6.45) is 0.993. The van der Waals surface area contributed by atoms with Crippen molar-refractivity contribution in [1.29, 1.82) is 5.26 Å². The lowest BCUT2D eigenvalue weighted by Gasteiger charge is -2.27. The maximum Gasteiger partial charge on any atom is 0.414 e. The Hall–Kier alpha value is -4.60. The fourth-order valence-electron chi connectivity index (χ4n) is 5.81. The molecule has 0 unspecified atom stereocenters. The molecule has 2 saturated heterocycles. The molecule has 1 aromatic carbocycles. The second-order valence-electron chi connectivity index (χ2n) is 11.6. The first-order valence-corrected chi connectivity index (χ1v) is 13.2. The molecule has 41 heavy (non-hydrogen) atoms. The number of hydrogen-bond donors (Lipinski definition) is 0. The Morgan fingerprint density at radius 1 is 1.20 bits per heavy atom. The lowest BCUT2D eigenvalue weighted by molar-refractivity contribution is 0.0265. The number of halogens is 2. The van der Waals surface area contributed by atoms with Gasteiger partial charge in [-0.2, -0.15) is 9.65 Å². The van der Waals surface area contributed by atoms with Gasteiger partial charge in [0.15, 0.2) is 0 Å². The molecule has 13 heteroatoms. The Morgan fingerprint density at radius 3 is 2.54 bits per heavy atom. The molecule has 3 fully saturated rings. The highest BCUT2D eigenvalue weighted by Crippen LogP contribution is 2.62. The number of nitriles is 1. The summed E-state index contributed by atoms with van der Waals surface area (Å²) >= 11 is 0. The molecule has 0 radical (unpaired) electrons. The number of likely N-dealkylation sites (tertiary alicyclic amines) is 1. The van der Waals surface area contributed by atoms with E-state index in [0.29, 0.717) is 30.0 Å². The zero-order chi connectivity index (χ0) is 29.1. The van der Waals surface area contributed by atoms with Gasteiger partial charge in [-0.15, -0.1) is 0 Å². The second-order valence-corrected chi connectivity index (χ2v) is 11.6. The molecule has 11 nitrogen and oxygen atoms in total. The van der Waals surface area contributed by atoms with E-state index in [9.17, 15) is 19.2 Å². The van der Waals surface area contributed by atoms with Crippen LogP contribution in [0.1, 0.15) is 26.5 Å². The number of carbonyl (C=O) groups is 2. The molecule has 0 N–H and O–H groups in total. The van der Waals surface area contributed by atoms with E-state index in [0.717, 1.165) is 6.20 Å². The topological polar surface area (TPSA) is 126 Å². The van der Waals surface area contributed by atoms with Gasteiger partial charge in [0, 0.05) is 42.2 Å². The minimum atomic E-state index is -0.788. The van der Waals surface area contributed by atoms with Gasteiger partial charge >= 0.3 is 12.2 Å². The largest absolute Gasteiger partial charge is 0.444 e. The van der Waals surface area contributed by atoms with Crippen molar-refractivity contribution in [2.24, 2.45) is 11.8 Å². The molecule has 3 aromatic rings. The molecule has 1 aliphatic carbocycles. The average Bonchev–Trinajstić information content (AvgIpc) is 3.34. The minimum absolute atomic E-state index is 0.0398. The maximum absolute atomic E-state index is 15.2. The van der Waals surface area contributed by atoms with E-state index in [4.69, 9.17) is 9.47 Å². The lowest BCUT2D eigenvalue weighted by atomic mass is 9.95. The van der Waals surface area contributed by atoms with Crippen LogP contribution in [0.3, 0.4) is 0 Å². The fourth-order valence-corrected chi connectivity index (χ4v) is 5.81. The number of piperidine rings is 1. The van der Waals surface area contributed by atoms with Gasteiger partial charge in [0.1, 0.15) is 22.9 Å². The summed E-state index contributed by atoms with van der Waals surface area (Å²) < 4.78 is 40.3. The molecule has 2 aliphatic heterocycles. The SMILES string of the molecule is CC(C)(C)OC(=O)N1C[C@@H]2[C@H](C1)[C@@]2(C#N)c1ccc(-c2ccc(N3C[C@H](Cn4cc(F)nn4)OC3=O)cc2F)cn1. The van der Waals surface area contributed by atoms with Crippen molar-refractivity contribution < 1.29 is 27.8 Å². The average molecular weight is 564 g/mol. The standard InChI is InChI=1S/C28H27F2N7O4/c1-27(2,3)41-25(38)35-12-20-21(13-35)28(20,15-31)23-7-4-16(9-32-23)19-6-5-17(8-22(19)29)37-11-18(40-26(37)39)10-36-14-24(30)33-34-36/h4-9,14,18,20-21H,10-13H2,1-3H3/t18-,20-,21+,28+/m0/s1. The number of benzene rings is 1. The van der Waals surface area contributed by atoms with Crippen molar-refractivity contribution in [3.05, 3.63) is 60.2 Å². The molecular formula is C28H27F2N7O4. The number of cyclic esters (lactones) is 1. The predicted molar refractivity (Wildman–Crippen MR) is 139 cm³/mol. The van der Waals surface area contributed by atoms with Gasteiger partial charge in [-0.25, -0.2) is 18.7 Å². The highest BCUT2D eigenvalue weighted by molar-refractivity contribution is 5.90. The summed E-state index contributed by atoms with van der Waals surface area (Å²) in [6.45, 7) is 6.52. The molecule has 3 aliphatic rings. The fraction of sp³-hybridized carbons (Fsp3) is 0.429. The summed E-state index contributed by atoms with van der Waals surface area (Å²) in [5.74, 6) is -1.37. The molecule has 212 valence electrons. The third kappa shape index (κ3) is 4.73. The number of pyridine rings is 1. The summed E-state index contributed by atoms with van der Waals surface area (Å²) in [5.41, 5.74) is 0.330. The van der Waals surface area contributed by atoms with Crippen LogP contribution in [0.4, 0.5) is 24.1 Å². The summed E-state index contributed by atoms with van der Waals surface area (Å²) in [5, 5.41) is 16.9. The monoisotopic (exact) mass is 563 g/mol. The van der Waals surface area contributed by atoms with Crippen LogP contribution in [-0.2, 0) is 21.4 Å². The zero-order valence-electron chi connectivity index (χ0n) is 22.6. The molecule has 4 atom stereocenters.